The predicted octanol–water partition coefficient (Wildman–Crippen LogP) is 1.52. The molecule has 0 unspecified atom stereocenters. The Kier molecular flexibility index (Phi) is 6.68. The summed E-state index contributed by atoms with van der Waals surface area (Å²) >= 11 is 0. The smallest absolute Gasteiger partial charge is 0.227 e. The van der Waals surface area contributed by atoms with Gasteiger partial charge in [-0.05, 0) is 18.4 Å². The van der Waals surface area contributed by atoms with E-state index < -0.39 is 10.0 Å². The van der Waals surface area contributed by atoms with Crippen LogP contribution in [0.4, 0.5) is 0 Å². The van der Waals surface area contributed by atoms with Crippen LogP contribution in [0.25, 0.3) is 6.08 Å². The molecule has 3 rings (SSSR count). The number of carbonyl (C=O) groups excluding carboxylic acids is 1. The van der Waals surface area contributed by atoms with Crippen molar-refractivity contribution in [2.75, 3.05) is 52.1 Å². The highest BCUT2D eigenvalue weighted by atomic mass is 32.2. The van der Waals surface area contributed by atoms with Gasteiger partial charge >= 0.3 is 0 Å². The number of piperidine rings is 1. The molecule has 2 saturated heterocycles. The fourth-order valence-corrected chi connectivity index (χ4v) is 4.67. The first-order valence-corrected chi connectivity index (χ1v) is 11.5. The normalized spacial score (nSPS) is 23.0. The molecule has 0 spiro atoms. The van der Waals surface area contributed by atoms with Gasteiger partial charge in [0.1, 0.15) is 0 Å². The molecular weight excluding hydrogens is 362 g/mol. The maximum Gasteiger partial charge on any atom is 0.227 e. The van der Waals surface area contributed by atoms with Crippen molar-refractivity contribution in [3.05, 3.63) is 42.0 Å². The van der Waals surface area contributed by atoms with Crippen molar-refractivity contribution in [3.63, 3.8) is 0 Å². The van der Waals surface area contributed by atoms with E-state index in [0.717, 1.165) is 32.5 Å². The summed E-state index contributed by atoms with van der Waals surface area (Å²) in [6.07, 6.45) is 7.05. The third-order valence-corrected chi connectivity index (χ3v) is 6.63. The van der Waals surface area contributed by atoms with Crippen molar-refractivity contribution in [2.45, 2.75) is 12.8 Å². The quantitative estimate of drug-likeness (QED) is 0.764. The van der Waals surface area contributed by atoms with Crippen molar-refractivity contribution >= 4 is 22.0 Å². The lowest BCUT2D eigenvalue weighted by Gasteiger charge is -2.38. The summed E-state index contributed by atoms with van der Waals surface area (Å²) in [5, 5.41) is 0. The topological polar surface area (TPSA) is 60.9 Å². The van der Waals surface area contributed by atoms with Gasteiger partial charge in [0.2, 0.25) is 15.9 Å². The van der Waals surface area contributed by atoms with Crippen LogP contribution in [0.3, 0.4) is 0 Å². The van der Waals surface area contributed by atoms with E-state index in [1.54, 1.807) is 0 Å². The zero-order valence-corrected chi connectivity index (χ0v) is 16.8. The van der Waals surface area contributed by atoms with Crippen molar-refractivity contribution < 1.29 is 13.2 Å². The van der Waals surface area contributed by atoms with E-state index in [1.807, 2.05) is 23.1 Å². The maximum absolute atomic E-state index is 12.8. The maximum atomic E-state index is 12.8. The average molecular weight is 392 g/mol. The Labute approximate surface area is 162 Å². The average Bonchev–Trinajstić information content (AvgIpc) is 2.68. The number of amides is 1. The molecule has 2 heterocycles. The summed E-state index contributed by atoms with van der Waals surface area (Å²) < 4.78 is 25.0. The van der Waals surface area contributed by atoms with Gasteiger partial charge in [0.05, 0.1) is 12.2 Å². The van der Waals surface area contributed by atoms with E-state index in [9.17, 15) is 13.2 Å². The molecule has 0 saturated carbocycles. The lowest BCUT2D eigenvalue weighted by Crippen LogP contribution is -2.52. The molecule has 1 atom stereocenters. The fraction of sp³-hybridized carbons (Fsp3) is 0.550. The van der Waals surface area contributed by atoms with Crippen LogP contribution in [0.15, 0.2) is 36.4 Å². The highest BCUT2D eigenvalue weighted by Crippen LogP contribution is 2.21. The SMILES string of the molecule is CS(=O)(=O)N1CCC[C@H](C(=O)N2CCN(C/C=C/c3ccccc3)CC2)C1. The predicted molar refractivity (Wildman–Crippen MR) is 108 cm³/mol. The van der Waals surface area contributed by atoms with Crippen LogP contribution in [0.1, 0.15) is 18.4 Å². The molecule has 0 aromatic heterocycles. The summed E-state index contributed by atoms with van der Waals surface area (Å²) in [5.74, 6) is -0.0826. The molecule has 0 bridgehead atoms. The Balaban J connectivity index is 1.46. The van der Waals surface area contributed by atoms with E-state index >= 15 is 0 Å². The number of hydrogen-bond donors (Lipinski definition) is 0. The van der Waals surface area contributed by atoms with E-state index in [2.05, 4.69) is 29.2 Å². The van der Waals surface area contributed by atoms with Crippen molar-refractivity contribution in [2.24, 2.45) is 5.92 Å². The van der Waals surface area contributed by atoms with E-state index in [0.29, 0.717) is 26.2 Å². The van der Waals surface area contributed by atoms with Crippen LogP contribution in [0.5, 0.6) is 0 Å². The second-order valence-electron chi connectivity index (χ2n) is 7.40. The third kappa shape index (κ3) is 5.64. The molecule has 27 heavy (non-hydrogen) atoms. The first-order chi connectivity index (χ1) is 12.9. The largest absolute Gasteiger partial charge is 0.340 e. The minimum Gasteiger partial charge on any atom is -0.340 e. The molecule has 1 amide bonds. The molecule has 1 aromatic rings. The van der Waals surface area contributed by atoms with Crippen LogP contribution in [0.2, 0.25) is 0 Å². The number of piperazine rings is 1. The van der Waals surface area contributed by atoms with E-state index in [1.165, 1.54) is 16.1 Å². The Morgan fingerprint density at radius 1 is 1.11 bits per heavy atom. The van der Waals surface area contributed by atoms with Gasteiger partial charge in [-0.2, -0.15) is 0 Å². The lowest BCUT2D eigenvalue weighted by molar-refractivity contribution is -0.138. The standard InChI is InChI=1S/C20H29N3O3S/c1-27(25,26)23-12-6-10-19(17-23)20(24)22-15-13-21(14-16-22)11-5-9-18-7-3-2-4-8-18/h2-5,7-9,19H,6,10-17H2,1H3/b9-5+/t19-/m0/s1. The summed E-state index contributed by atoms with van der Waals surface area (Å²) in [6.45, 7) is 4.88. The molecule has 2 fully saturated rings. The number of nitrogens with zero attached hydrogens (tertiary/aromatic N) is 3. The molecule has 7 heteroatoms. The summed E-state index contributed by atoms with van der Waals surface area (Å²) in [7, 11) is -3.22. The fourth-order valence-electron chi connectivity index (χ4n) is 3.76. The Morgan fingerprint density at radius 3 is 2.48 bits per heavy atom. The molecule has 0 radical (unpaired) electrons. The Hall–Kier alpha value is -1.70. The number of rotatable bonds is 5. The highest BCUT2D eigenvalue weighted by molar-refractivity contribution is 7.88. The molecule has 1 aromatic carbocycles. The molecule has 0 N–H and O–H groups in total. The van der Waals surface area contributed by atoms with Crippen molar-refractivity contribution in [3.8, 4) is 0 Å². The number of benzene rings is 1. The van der Waals surface area contributed by atoms with Gasteiger partial charge in [-0.1, -0.05) is 42.5 Å². The second-order valence-corrected chi connectivity index (χ2v) is 9.38. The van der Waals surface area contributed by atoms with Crippen LogP contribution >= 0.6 is 0 Å². The van der Waals surface area contributed by atoms with Gasteiger partial charge in [0.25, 0.3) is 0 Å². The molecule has 2 aliphatic heterocycles. The first-order valence-electron chi connectivity index (χ1n) is 9.61. The number of carbonyl (C=O) groups is 1. The second kappa shape index (κ2) is 8.99. The zero-order valence-electron chi connectivity index (χ0n) is 16.0. The number of sulfonamides is 1. The van der Waals surface area contributed by atoms with Gasteiger partial charge in [0, 0.05) is 45.8 Å². The third-order valence-electron chi connectivity index (χ3n) is 5.36. The van der Waals surface area contributed by atoms with Gasteiger partial charge in [0.15, 0.2) is 0 Å². The van der Waals surface area contributed by atoms with Gasteiger partial charge in [-0.15, -0.1) is 0 Å². The molecule has 148 valence electrons. The van der Waals surface area contributed by atoms with Crippen LogP contribution in [-0.2, 0) is 14.8 Å². The molecule has 6 nitrogen and oxygen atoms in total. The summed E-state index contributed by atoms with van der Waals surface area (Å²) in [5.41, 5.74) is 1.19. The summed E-state index contributed by atoms with van der Waals surface area (Å²) in [6, 6.07) is 10.2. The van der Waals surface area contributed by atoms with Crippen LogP contribution in [0, 0.1) is 5.92 Å². The first kappa shape index (κ1) is 20.0. The number of hydrogen-bond acceptors (Lipinski definition) is 4. The highest BCUT2D eigenvalue weighted by Gasteiger charge is 2.33. The van der Waals surface area contributed by atoms with E-state index in [4.69, 9.17) is 0 Å². The van der Waals surface area contributed by atoms with Crippen LogP contribution < -0.4 is 0 Å². The van der Waals surface area contributed by atoms with Crippen molar-refractivity contribution in [1.82, 2.24) is 14.1 Å². The molecule has 2 aliphatic rings. The minimum atomic E-state index is -3.22. The van der Waals surface area contributed by atoms with E-state index in [-0.39, 0.29) is 11.8 Å². The lowest BCUT2D eigenvalue weighted by atomic mass is 9.98. The van der Waals surface area contributed by atoms with Crippen LogP contribution in [-0.4, -0.2) is 80.5 Å². The Morgan fingerprint density at radius 2 is 1.81 bits per heavy atom. The zero-order chi connectivity index (χ0) is 19.3. The minimum absolute atomic E-state index is 0.114. The molecule has 0 aliphatic carbocycles. The van der Waals surface area contributed by atoms with Crippen molar-refractivity contribution in [1.29, 1.82) is 0 Å². The Bertz CT molecular complexity index is 756. The molecular formula is C20H29N3O3S. The van der Waals surface area contributed by atoms with Gasteiger partial charge in [-0.3, -0.25) is 9.69 Å². The van der Waals surface area contributed by atoms with Gasteiger partial charge in [-0.25, -0.2) is 12.7 Å². The monoisotopic (exact) mass is 391 g/mol. The summed E-state index contributed by atoms with van der Waals surface area (Å²) in [4.78, 5) is 17.1. The van der Waals surface area contributed by atoms with Gasteiger partial charge < -0.3 is 4.90 Å².